The first-order valence-corrected chi connectivity index (χ1v) is 9.93. The number of esters is 1. The molecule has 5 heteroatoms. The maximum atomic E-state index is 12.3. The SMILES string of the molecule is CC(OC(=O)CCC1CCCC1)C(=O)Nc1ccc(Oc2ccccc2)cc1. The van der Waals surface area contributed by atoms with Crippen LogP contribution in [0.3, 0.4) is 0 Å². The molecule has 148 valence electrons. The van der Waals surface area contributed by atoms with Crippen LogP contribution in [0.2, 0.25) is 0 Å². The average molecular weight is 381 g/mol. The Balaban J connectivity index is 1.43. The van der Waals surface area contributed by atoms with Crippen molar-refractivity contribution in [2.24, 2.45) is 5.92 Å². The monoisotopic (exact) mass is 381 g/mol. The van der Waals surface area contributed by atoms with E-state index in [2.05, 4.69) is 5.32 Å². The molecule has 1 aliphatic carbocycles. The molecule has 5 nitrogen and oxygen atoms in total. The maximum absolute atomic E-state index is 12.3. The first-order chi connectivity index (χ1) is 13.6. The zero-order valence-electron chi connectivity index (χ0n) is 16.2. The van der Waals surface area contributed by atoms with Crippen molar-refractivity contribution in [3.8, 4) is 11.5 Å². The molecule has 1 atom stereocenters. The van der Waals surface area contributed by atoms with Gasteiger partial charge in [-0.3, -0.25) is 9.59 Å². The topological polar surface area (TPSA) is 64.6 Å². The highest BCUT2D eigenvalue weighted by atomic mass is 16.5. The molecule has 0 aliphatic heterocycles. The maximum Gasteiger partial charge on any atom is 0.306 e. The van der Waals surface area contributed by atoms with Gasteiger partial charge in [-0.15, -0.1) is 0 Å². The van der Waals surface area contributed by atoms with Crippen LogP contribution < -0.4 is 10.1 Å². The average Bonchev–Trinajstić information content (AvgIpc) is 3.22. The number of hydrogen-bond acceptors (Lipinski definition) is 4. The molecule has 28 heavy (non-hydrogen) atoms. The molecule has 0 heterocycles. The van der Waals surface area contributed by atoms with Crippen molar-refractivity contribution in [3.63, 3.8) is 0 Å². The van der Waals surface area contributed by atoms with Crippen molar-refractivity contribution in [1.29, 1.82) is 0 Å². The number of nitrogens with one attached hydrogen (secondary N) is 1. The molecule has 0 radical (unpaired) electrons. The quantitative estimate of drug-likeness (QED) is 0.629. The minimum absolute atomic E-state index is 0.304. The highest BCUT2D eigenvalue weighted by Gasteiger charge is 2.20. The van der Waals surface area contributed by atoms with E-state index in [0.29, 0.717) is 23.8 Å². The van der Waals surface area contributed by atoms with Crippen LogP contribution in [0.4, 0.5) is 5.69 Å². The van der Waals surface area contributed by atoms with Gasteiger partial charge >= 0.3 is 5.97 Å². The molecule has 0 spiro atoms. The zero-order chi connectivity index (χ0) is 19.8. The first-order valence-electron chi connectivity index (χ1n) is 9.93. The van der Waals surface area contributed by atoms with Crippen LogP contribution in [0.1, 0.15) is 45.4 Å². The van der Waals surface area contributed by atoms with Crippen LogP contribution in [0.5, 0.6) is 11.5 Å². The van der Waals surface area contributed by atoms with E-state index >= 15 is 0 Å². The number of para-hydroxylation sites is 1. The van der Waals surface area contributed by atoms with E-state index in [1.807, 2.05) is 30.3 Å². The lowest BCUT2D eigenvalue weighted by atomic mass is 10.0. The van der Waals surface area contributed by atoms with Crippen molar-refractivity contribution in [2.45, 2.75) is 51.6 Å². The van der Waals surface area contributed by atoms with Gasteiger partial charge in [-0.05, 0) is 55.7 Å². The Morgan fingerprint density at radius 1 is 1.00 bits per heavy atom. The van der Waals surface area contributed by atoms with E-state index < -0.39 is 6.10 Å². The summed E-state index contributed by atoms with van der Waals surface area (Å²) in [6.45, 7) is 1.59. The van der Waals surface area contributed by atoms with Crippen molar-refractivity contribution in [2.75, 3.05) is 5.32 Å². The van der Waals surface area contributed by atoms with Gasteiger partial charge in [0.1, 0.15) is 11.5 Å². The molecular weight excluding hydrogens is 354 g/mol. The highest BCUT2D eigenvalue weighted by molar-refractivity contribution is 5.95. The molecule has 0 aromatic heterocycles. The number of ether oxygens (including phenoxy) is 2. The molecule has 1 aliphatic rings. The van der Waals surface area contributed by atoms with Crippen LogP contribution in [0.15, 0.2) is 54.6 Å². The van der Waals surface area contributed by atoms with Gasteiger partial charge < -0.3 is 14.8 Å². The van der Waals surface area contributed by atoms with Gasteiger partial charge in [-0.25, -0.2) is 0 Å². The number of carbonyl (C=O) groups is 2. The Morgan fingerprint density at radius 2 is 1.64 bits per heavy atom. The van der Waals surface area contributed by atoms with Crippen LogP contribution in [-0.2, 0) is 14.3 Å². The van der Waals surface area contributed by atoms with Gasteiger partial charge in [0.2, 0.25) is 0 Å². The molecule has 1 N–H and O–H groups in total. The van der Waals surface area contributed by atoms with Gasteiger partial charge in [0, 0.05) is 12.1 Å². The summed E-state index contributed by atoms with van der Waals surface area (Å²) >= 11 is 0. The summed E-state index contributed by atoms with van der Waals surface area (Å²) in [4.78, 5) is 24.2. The fourth-order valence-electron chi connectivity index (χ4n) is 3.41. The fraction of sp³-hybridized carbons (Fsp3) is 0.391. The van der Waals surface area contributed by atoms with Crippen molar-refractivity contribution >= 4 is 17.6 Å². The van der Waals surface area contributed by atoms with Gasteiger partial charge in [0.05, 0.1) is 0 Å². The van der Waals surface area contributed by atoms with Crippen LogP contribution in [0.25, 0.3) is 0 Å². The summed E-state index contributed by atoms with van der Waals surface area (Å²) < 4.78 is 11.0. The third kappa shape index (κ3) is 6.12. The molecule has 0 saturated heterocycles. The molecular formula is C23H27NO4. The number of carbonyl (C=O) groups excluding carboxylic acids is 2. The second-order valence-corrected chi connectivity index (χ2v) is 7.25. The summed E-state index contributed by atoms with van der Waals surface area (Å²) in [6, 6.07) is 16.5. The number of rotatable bonds is 8. The highest BCUT2D eigenvalue weighted by Crippen LogP contribution is 2.28. The fourth-order valence-corrected chi connectivity index (χ4v) is 3.41. The third-order valence-electron chi connectivity index (χ3n) is 5.01. The Hall–Kier alpha value is -2.82. The second kappa shape index (κ2) is 9.93. The van der Waals surface area contributed by atoms with E-state index in [-0.39, 0.29) is 11.9 Å². The third-order valence-corrected chi connectivity index (χ3v) is 5.01. The number of amides is 1. The molecule has 2 aromatic rings. The molecule has 3 rings (SSSR count). The summed E-state index contributed by atoms with van der Waals surface area (Å²) in [6.07, 6.45) is 5.34. The van der Waals surface area contributed by atoms with Crippen molar-refractivity contribution in [1.82, 2.24) is 0 Å². The second-order valence-electron chi connectivity index (χ2n) is 7.25. The van der Waals surface area contributed by atoms with E-state index in [1.165, 1.54) is 25.7 Å². The van der Waals surface area contributed by atoms with Crippen LogP contribution in [-0.4, -0.2) is 18.0 Å². The Labute approximate surface area is 166 Å². The number of anilines is 1. The summed E-state index contributed by atoms with van der Waals surface area (Å²) in [5, 5.41) is 2.76. The lowest BCUT2D eigenvalue weighted by Crippen LogP contribution is -2.30. The van der Waals surface area contributed by atoms with Gasteiger partial charge in [-0.1, -0.05) is 43.9 Å². The molecule has 2 aromatic carbocycles. The van der Waals surface area contributed by atoms with Crippen LogP contribution >= 0.6 is 0 Å². The lowest BCUT2D eigenvalue weighted by Gasteiger charge is -2.15. The Kier molecular flexibility index (Phi) is 7.06. The minimum Gasteiger partial charge on any atom is -0.457 e. The van der Waals surface area contributed by atoms with Crippen molar-refractivity contribution in [3.05, 3.63) is 54.6 Å². The molecule has 1 saturated carbocycles. The van der Waals surface area contributed by atoms with Gasteiger partial charge in [0.25, 0.3) is 5.91 Å². The predicted octanol–water partition coefficient (Wildman–Crippen LogP) is 5.32. The minimum atomic E-state index is -0.823. The van der Waals surface area contributed by atoms with Crippen molar-refractivity contribution < 1.29 is 19.1 Å². The van der Waals surface area contributed by atoms with E-state index in [9.17, 15) is 9.59 Å². The predicted molar refractivity (Wildman–Crippen MR) is 108 cm³/mol. The molecule has 1 unspecified atom stereocenters. The molecule has 0 bridgehead atoms. The number of hydrogen-bond donors (Lipinski definition) is 1. The first kappa shape index (κ1) is 19.9. The van der Waals surface area contributed by atoms with Gasteiger partial charge in [-0.2, -0.15) is 0 Å². The summed E-state index contributed by atoms with van der Waals surface area (Å²) in [5.41, 5.74) is 0.624. The molecule has 1 fully saturated rings. The summed E-state index contributed by atoms with van der Waals surface area (Å²) in [5.74, 6) is 1.41. The smallest absolute Gasteiger partial charge is 0.306 e. The standard InChI is InChI=1S/C23H27NO4/c1-17(27-22(25)16-11-18-7-5-6-8-18)23(26)24-19-12-14-21(15-13-19)28-20-9-3-2-4-10-20/h2-4,9-10,12-15,17-18H,5-8,11,16H2,1H3,(H,24,26). The Bertz CT molecular complexity index is 767. The summed E-state index contributed by atoms with van der Waals surface area (Å²) in [7, 11) is 0. The van der Waals surface area contributed by atoms with E-state index in [1.54, 1.807) is 31.2 Å². The van der Waals surface area contributed by atoms with E-state index in [4.69, 9.17) is 9.47 Å². The zero-order valence-corrected chi connectivity index (χ0v) is 16.2. The molecule has 1 amide bonds. The van der Waals surface area contributed by atoms with E-state index in [0.717, 1.165) is 12.2 Å². The normalized spacial score (nSPS) is 15.0. The van der Waals surface area contributed by atoms with Gasteiger partial charge in [0.15, 0.2) is 6.10 Å². The lowest BCUT2D eigenvalue weighted by molar-refractivity contribution is -0.153. The largest absolute Gasteiger partial charge is 0.457 e. The van der Waals surface area contributed by atoms with Crippen LogP contribution in [0, 0.1) is 5.92 Å². The number of benzene rings is 2. The Morgan fingerprint density at radius 3 is 2.32 bits per heavy atom.